The number of esters is 1. The highest BCUT2D eigenvalue weighted by molar-refractivity contribution is 7.22. The number of anilines is 1. The van der Waals surface area contributed by atoms with Gasteiger partial charge in [-0.25, -0.2) is 9.78 Å². The van der Waals surface area contributed by atoms with Crippen molar-refractivity contribution >= 4 is 61.6 Å². The quantitative estimate of drug-likeness (QED) is 0.307. The van der Waals surface area contributed by atoms with Crippen LogP contribution in [0.4, 0.5) is 5.13 Å². The lowest BCUT2D eigenvalue weighted by molar-refractivity contribution is -0.0956. The van der Waals surface area contributed by atoms with E-state index in [2.05, 4.69) is 4.90 Å². The fourth-order valence-electron chi connectivity index (χ4n) is 6.17. The van der Waals surface area contributed by atoms with E-state index in [-0.39, 0.29) is 12.1 Å². The van der Waals surface area contributed by atoms with Crippen molar-refractivity contribution in [3.05, 3.63) is 68.7 Å². The van der Waals surface area contributed by atoms with Gasteiger partial charge in [0.2, 0.25) is 0 Å². The SMILES string of the molecule is COC(=O)c1ccc2nc(N3CC4CC(C3)C4OCC3=C(C4CC4)CN=C3c3c(Cl)cccc3Cl)sc2c1. The van der Waals surface area contributed by atoms with Crippen molar-refractivity contribution in [2.45, 2.75) is 25.4 Å². The molecule has 6 nitrogen and oxygen atoms in total. The van der Waals surface area contributed by atoms with Gasteiger partial charge in [0.1, 0.15) is 0 Å². The molecule has 8 rings (SSSR count). The highest BCUT2D eigenvalue weighted by Crippen LogP contribution is 2.46. The number of carbonyl (C=O) groups is 1. The van der Waals surface area contributed by atoms with Crippen molar-refractivity contribution in [3.63, 3.8) is 0 Å². The summed E-state index contributed by atoms with van der Waals surface area (Å²) in [6, 6.07) is 11.2. The minimum Gasteiger partial charge on any atom is -0.465 e. The maximum Gasteiger partial charge on any atom is 0.337 e. The molecular formula is C29H27Cl2N3O3S. The number of ether oxygens (including phenoxy) is 2. The molecule has 2 atom stereocenters. The Morgan fingerprint density at radius 2 is 1.89 bits per heavy atom. The third-order valence-corrected chi connectivity index (χ3v) is 9.99. The van der Waals surface area contributed by atoms with Gasteiger partial charge in [-0.2, -0.15) is 0 Å². The molecule has 5 aliphatic rings. The average Bonchev–Trinajstić information content (AvgIpc) is 3.54. The number of hydrogen-bond acceptors (Lipinski definition) is 7. The summed E-state index contributed by atoms with van der Waals surface area (Å²) in [5.41, 5.74) is 5.80. The minimum absolute atomic E-state index is 0.239. The number of carbonyl (C=O) groups excluding carboxylic acids is 1. The maximum absolute atomic E-state index is 11.9. The van der Waals surface area contributed by atoms with Gasteiger partial charge in [-0.15, -0.1) is 0 Å². The molecule has 38 heavy (non-hydrogen) atoms. The van der Waals surface area contributed by atoms with Crippen LogP contribution < -0.4 is 4.90 Å². The van der Waals surface area contributed by atoms with Gasteiger partial charge in [-0.05, 0) is 61.1 Å². The second kappa shape index (κ2) is 9.63. The van der Waals surface area contributed by atoms with Gasteiger partial charge in [-0.1, -0.05) is 40.6 Å². The average molecular weight is 569 g/mol. The Balaban J connectivity index is 1.05. The number of halogens is 2. The molecule has 4 fully saturated rings. The van der Waals surface area contributed by atoms with Gasteiger partial charge in [0.15, 0.2) is 5.13 Å². The van der Waals surface area contributed by atoms with Crippen LogP contribution in [0.2, 0.25) is 10.0 Å². The molecule has 2 aliphatic carbocycles. The van der Waals surface area contributed by atoms with Crippen molar-refractivity contribution in [1.29, 1.82) is 0 Å². The molecule has 1 aromatic heterocycles. The van der Waals surface area contributed by atoms with Crippen LogP contribution in [0.5, 0.6) is 0 Å². The molecule has 2 aromatic carbocycles. The molecular weight excluding hydrogens is 541 g/mol. The Bertz CT molecular complexity index is 1480. The Morgan fingerprint density at radius 1 is 1.13 bits per heavy atom. The van der Waals surface area contributed by atoms with Crippen LogP contribution in [0.15, 0.2) is 52.5 Å². The second-order valence-corrected chi connectivity index (χ2v) is 12.5. The van der Waals surface area contributed by atoms with E-state index in [0.29, 0.717) is 40.0 Å². The largest absolute Gasteiger partial charge is 0.465 e. The second-order valence-electron chi connectivity index (χ2n) is 10.6. The summed E-state index contributed by atoms with van der Waals surface area (Å²) in [5.74, 6) is 1.24. The molecule has 3 aromatic rings. The lowest BCUT2D eigenvalue weighted by Gasteiger charge is -2.53. The molecule has 0 spiro atoms. The zero-order valence-electron chi connectivity index (χ0n) is 21.0. The summed E-state index contributed by atoms with van der Waals surface area (Å²) >= 11 is 14.8. The van der Waals surface area contributed by atoms with E-state index in [1.807, 2.05) is 30.3 Å². The number of thiazole rings is 1. The molecule has 0 radical (unpaired) electrons. The third kappa shape index (κ3) is 4.24. The smallest absolute Gasteiger partial charge is 0.337 e. The van der Waals surface area contributed by atoms with E-state index in [1.54, 1.807) is 17.4 Å². The zero-order chi connectivity index (χ0) is 26.0. The van der Waals surface area contributed by atoms with Crippen LogP contribution in [-0.4, -0.2) is 56.1 Å². The summed E-state index contributed by atoms with van der Waals surface area (Å²) in [6.45, 7) is 3.13. The lowest BCUT2D eigenvalue weighted by Crippen LogP contribution is -2.59. The van der Waals surface area contributed by atoms with Gasteiger partial charge in [-0.3, -0.25) is 4.99 Å². The molecule has 196 valence electrons. The Morgan fingerprint density at radius 3 is 2.61 bits per heavy atom. The fraction of sp³-hybridized carbons (Fsp3) is 0.414. The first kappa shape index (κ1) is 24.6. The van der Waals surface area contributed by atoms with Crippen molar-refractivity contribution in [2.75, 3.05) is 38.3 Å². The normalized spacial score (nSPS) is 24.6. The van der Waals surface area contributed by atoms with Crippen molar-refractivity contribution in [2.24, 2.45) is 22.7 Å². The number of hydrogen-bond donors (Lipinski definition) is 0. The molecule has 0 amide bonds. The van der Waals surface area contributed by atoms with E-state index in [9.17, 15) is 4.79 Å². The van der Waals surface area contributed by atoms with E-state index in [1.165, 1.54) is 37.5 Å². The van der Waals surface area contributed by atoms with Gasteiger partial charge in [0, 0.05) is 36.1 Å². The van der Waals surface area contributed by atoms with Crippen LogP contribution in [0.25, 0.3) is 10.2 Å². The summed E-state index contributed by atoms with van der Waals surface area (Å²) in [7, 11) is 1.40. The topological polar surface area (TPSA) is 64.0 Å². The fourth-order valence-corrected chi connectivity index (χ4v) is 7.77. The van der Waals surface area contributed by atoms with Crippen LogP contribution in [0.3, 0.4) is 0 Å². The predicted octanol–water partition coefficient (Wildman–Crippen LogP) is 6.44. The van der Waals surface area contributed by atoms with Crippen LogP contribution in [0, 0.1) is 17.8 Å². The van der Waals surface area contributed by atoms with Crippen LogP contribution in [-0.2, 0) is 9.47 Å². The van der Waals surface area contributed by atoms with Gasteiger partial charge in [0.25, 0.3) is 0 Å². The van der Waals surface area contributed by atoms with Crippen LogP contribution in [0.1, 0.15) is 35.2 Å². The Labute approximate surface area is 235 Å². The number of nitrogens with zero attached hydrogens (tertiary/aromatic N) is 3. The molecule has 2 saturated carbocycles. The minimum atomic E-state index is -0.326. The zero-order valence-corrected chi connectivity index (χ0v) is 23.3. The number of aliphatic imine (C=N–C) groups is 1. The molecule has 2 saturated heterocycles. The monoisotopic (exact) mass is 567 g/mol. The number of fused-ring (bicyclic) bond motifs is 3. The molecule has 2 unspecified atom stereocenters. The number of piperidine rings is 2. The molecule has 3 aliphatic heterocycles. The summed E-state index contributed by atoms with van der Waals surface area (Å²) in [6.07, 6.45) is 3.88. The molecule has 2 bridgehead atoms. The van der Waals surface area contributed by atoms with E-state index in [0.717, 1.165) is 46.3 Å². The first-order valence-corrected chi connectivity index (χ1v) is 14.6. The summed E-state index contributed by atoms with van der Waals surface area (Å²) in [4.78, 5) is 24.0. The summed E-state index contributed by atoms with van der Waals surface area (Å²) in [5, 5.41) is 2.28. The third-order valence-electron chi connectivity index (χ3n) is 8.28. The Hall–Kier alpha value is -2.45. The molecule has 4 heterocycles. The first-order chi connectivity index (χ1) is 18.5. The van der Waals surface area contributed by atoms with E-state index in [4.69, 9.17) is 42.7 Å². The highest BCUT2D eigenvalue weighted by atomic mass is 35.5. The number of aromatic nitrogens is 1. The maximum atomic E-state index is 11.9. The number of rotatable bonds is 7. The van der Waals surface area contributed by atoms with Gasteiger partial charge >= 0.3 is 5.97 Å². The van der Waals surface area contributed by atoms with E-state index < -0.39 is 0 Å². The number of benzene rings is 2. The number of methoxy groups -OCH3 is 1. The highest BCUT2D eigenvalue weighted by Gasteiger charge is 2.48. The first-order valence-electron chi connectivity index (χ1n) is 13.1. The summed E-state index contributed by atoms with van der Waals surface area (Å²) < 4.78 is 12.5. The van der Waals surface area contributed by atoms with E-state index >= 15 is 0 Å². The molecule has 0 N–H and O–H groups in total. The van der Waals surface area contributed by atoms with Crippen molar-refractivity contribution in [3.8, 4) is 0 Å². The predicted molar refractivity (Wildman–Crippen MR) is 152 cm³/mol. The van der Waals surface area contributed by atoms with Gasteiger partial charge < -0.3 is 14.4 Å². The van der Waals surface area contributed by atoms with Crippen LogP contribution >= 0.6 is 34.5 Å². The van der Waals surface area contributed by atoms with Gasteiger partial charge in [0.05, 0.1) is 57.9 Å². The van der Waals surface area contributed by atoms with Crippen molar-refractivity contribution in [1.82, 2.24) is 4.98 Å². The standard InChI is InChI=1S/C29H27Cl2N3O3S/c1-36-28(35)16-7-8-23-24(10-16)38-29(33-23)34-12-17-9-18(13-34)27(17)37-14-20-19(15-5-6-15)11-32-26(20)25-21(30)3-2-4-22(25)31/h2-4,7-8,10,15,17-18,27H,5-6,9,11-14H2,1H3. The van der Waals surface area contributed by atoms with Crippen molar-refractivity contribution < 1.29 is 14.3 Å². The lowest BCUT2D eigenvalue weighted by atomic mass is 9.68. The Kier molecular flexibility index (Phi) is 6.23. The molecule has 9 heteroatoms.